The molecule has 10 aromatic rings. The van der Waals surface area contributed by atoms with Gasteiger partial charge in [-0.15, -0.1) is 11.3 Å². The molecule has 2 heteroatoms. The molecule has 1 aliphatic rings. The molecule has 0 aliphatic heterocycles. The maximum atomic E-state index is 2.50. The Hall–Kier alpha value is -7.00. The third-order valence-corrected chi connectivity index (χ3v) is 13.5. The smallest absolute Gasteiger partial charge is 0.0546 e. The number of anilines is 3. The minimum absolute atomic E-state index is 0.140. The Bertz CT molecular complexity index is 3170. The van der Waals surface area contributed by atoms with Crippen molar-refractivity contribution in [1.29, 1.82) is 0 Å². The van der Waals surface area contributed by atoms with Crippen LogP contribution < -0.4 is 4.90 Å². The standard InChI is InChI=1S/C57H41NS/c1-57(2)52-25-11-9-21-46(52)47-34-32-45(37-53(47)57)58(44-30-27-40(28-31-44)42-20-13-19-41(35-42)38-15-5-3-6-16-38)54-36-43(39-17-7-4-8-18-39)29-33-48(54)50-23-14-24-51-49-22-10-12-26-55(49)59-56(50)51/h3-37H,1-2H3. The zero-order valence-corrected chi connectivity index (χ0v) is 33.9. The van der Waals surface area contributed by atoms with Gasteiger partial charge in [-0.05, 0) is 98.1 Å². The molecule has 1 heterocycles. The van der Waals surface area contributed by atoms with E-state index in [0.29, 0.717) is 0 Å². The first-order chi connectivity index (χ1) is 29.0. The second kappa shape index (κ2) is 14.1. The Morgan fingerprint density at radius 1 is 0.356 bits per heavy atom. The molecule has 0 radical (unpaired) electrons. The number of hydrogen-bond acceptors (Lipinski definition) is 2. The summed E-state index contributed by atoms with van der Waals surface area (Å²) >= 11 is 1.89. The van der Waals surface area contributed by atoms with E-state index in [1.165, 1.54) is 86.9 Å². The van der Waals surface area contributed by atoms with Crippen LogP contribution in [0, 0.1) is 0 Å². The van der Waals surface area contributed by atoms with E-state index in [9.17, 15) is 0 Å². The lowest BCUT2D eigenvalue weighted by atomic mass is 9.82. The van der Waals surface area contributed by atoms with E-state index in [1.54, 1.807) is 0 Å². The summed E-state index contributed by atoms with van der Waals surface area (Å²) in [5.41, 5.74) is 18.3. The van der Waals surface area contributed by atoms with Crippen molar-refractivity contribution >= 4 is 48.6 Å². The number of nitrogens with zero attached hydrogens (tertiary/aromatic N) is 1. The van der Waals surface area contributed by atoms with Gasteiger partial charge in [-0.2, -0.15) is 0 Å². The average molecular weight is 772 g/mol. The fourth-order valence-electron chi connectivity index (χ4n) is 9.28. The molecule has 0 spiro atoms. The van der Waals surface area contributed by atoms with Crippen LogP contribution in [0.4, 0.5) is 17.1 Å². The molecular weight excluding hydrogens is 731 g/mol. The fraction of sp³-hybridized carbons (Fsp3) is 0.0526. The van der Waals surface area contributed by atoms with Gasteiger partial charge in [0.25, 0.3) is 0 Å². The predicted octanol–water partition coefficient (Wildman–Crippen LogP) is 16.5. The summed E-state index contributed by atoms with van der Waals surface area (Å²) in [6, 6.07) is 78.2. The Labute approximate surface area is 350 Å². The summed E-state index contributed by atoms with van der Waals surface area (Å²) in [6.07, 6.45) is 0. The average Bonchev–Trinajstić information content (AvgIpc) is 3.79. The van der Waals surface area contributed by atoms with Gasteiger partial charge in [0.1, 0.15) is 0 Å². The van der Waals surface area contributed by atoms with E-state index in [0.717, 1.165) is 17.1 Å². The van der Waals surface area contributed by atoms with Crippen LogP contribution in [0.5, 0.6) is 0 Å². The lowest BCUT2D eigenvalue weighted by molar-refractivity contribution is 0.660. The van der Waals surface area contributed by atoms with Gasteiger partial charge in [-0.1, -0.05) is 184 Å². The fourth-order valence-corrected chi connectivity index (χ4v) is 10.5. The van der Waals surface area contributed by atoms with Crippen LogP contribution in [0.2, 0.25) is 0 Å². The van der Waals surface area contributed by atoms with Gasteiger partial charge in [-0.3, -0.25) is 0 Å². The van der Waals surface area contributed by atoms with Crippen molar-refractivity contribution in [3.8, 4) is 55.6 Å². The third-order valence-electron chi connectivity index (χ3n) is 12.3. The molecule has 0 atom stereocenters. The highest BCUT2D eigenvalue weighted by molar-refractivity contribution is 7.26. The Morgan fingerprint density at radius 2 is 0.881 bits per heavy atom. The normalized spacial score (nSPS) is 12.7. The van der Waals surface area contributed by atoms with E-state index in [4.69, 9.17) is 0 Å². The van der Waals surface area contributed by atoms with Crippen molar-refractivity contribution in [2.24, 2.45) is 0 Å². The van der Waals surface area contributed by atoms with E-state index in [-0.39, 0.29) is 5.41 Å². The summed E-state index contributed by atoms with van der Waals surface area (Å²) in [5, 5.41) is 2.60. The predicted molar refractivity (Wildman–Crippen MR) is 253 cm³/mol. The van der Waals surface area contributed by atoms with Crippen molar-refractivity contribution in [2.75, 3.05) is 4.90 Å². The van der Waals surface area contributed by atoms with Crippen LogP contribution in [0.25, 0.3) is 75.8 Å². The Kier molecular flexibility index (Phi) is 8.43. The first-order valence-electron chi connectivity index (χ1n) is 20.4. The van der Waals surface area contributed by atoms with Gasteiger partial charge in [0.05, 0.1) is 5.69 Å². The number of rotatable bonds is 7. The molecule has 0 fully saturated rings. The minimum atomic E-state index is -0.140. The zero-order chi connectivity index (χ0) is 39.5. The van der Waals surface area contributed by atoms with Gasteiger partial charge in [0.15, 0.2) is 0 Å². The largest absolute Gasteiger partial charge is 0.310 e. The maximum Gasteiger partial charge on any atom is 0.0546 e. The van der Waals surface area contributed by atoms with Crippen molar-refractivity contribution < 1.29 is 0 Å². The Morgan fingerprint density at radius 3 is 1.64 bits per heavy atom. The molecule has 59 heavy (non-hydrogen) atoms. The van der Waals surface area contributed by atoms with Gasteiger partial charge >= 0.3 is 0 Å². The number of thiophene rings is 1. The Balaban J connectivity index is 1.14. The first-order valence-corrected chi connectivity index (χ1v) is 21.2. The van der Waals surface area contributed by atoms with E-state index >= 15 is 0 Å². The molecule has 1 aromatic heterocycles. The molecule has 1 aliphatic carbocycles. The summed E-state index contributed by atoms with van der Waals surface area (Å²) in [4.78, 5) is 2.50. The molecule has 11 rings (SSSR count). The molecule has 1 nitrogen and oxygen atoms in total. The molecule has 280 valence electrons. The van der Waals surface area contributed by atoms with Crippen LogP contribution in [-0.4, -0.2) is 0 Å². The molecule has 0 unspecified atom stereocenters. The SMILES string of the molecule is CC1(C)c2ccccc2-c2ccc(N(c3ccc(-c4cccc(-c5ccccc5)c4)cc3)c3cc(-c4ccccc4)ccc3-c3cccc4c3sc3ccccc34)cc21. The topological polar surface area (TPSA) is 3.24 Å². The van der Waals surface area contributed by atoms with Gasteiger partial charge in [0.2, 0.25) is 0 Å². The highest BCUT2D eigenvalue weighted by Gasteiger charge is 2.36. The van der Waals surface area contributed by atoms with E-state index in [1.807, 2.05) is 11.3 Å². The van der Waals surface area contributed by atoms with Crippen LogP contribution in [0.1, 0.15) is 25.0 Å². The lowest BCUT2D eigenvalue weighted by Gasteiger charge is -2.30. The van der Waals surface area contributed by atoms with Gasteiger partial charge in [0, 0.05) is 48.1 Å². The number of hydrogen-bond donors (Lipinski definition) is 0. The highest BCUT2D eigenvalue weighted by atomic mass is 32.1. The molecule has 0 saturated carbocycles. The molecular formula is C57H41NS. The van der Waals surface area contributed by atoms with Crippen LogP contribution in [-0.2, 0) is 5.41 Å². The minimum Gasteiger partial charge on any atom is -0.310 e. The van der Waals surface area contributed by atoms with Crippen LogP contribution in [0.15, 0.2) is 212 Å². The number of fused-ring (bicyclic) bond motifs is 6. The summed E-state index contributed by atoms with van der Waals surface area (Å²) < 4.78 is 2.61. The van der Waals surface area contributed by atoms with Crippen molar-refractivity contribution in [1.82, 2.24) is 0 Å². The van der Waals surface area contributed by atoms with Crippen LogP contribution in [0.3, 0.4) is 0 Å². The first kappa shape index (κ1) is 35.2. The third kappa shape index (κ3) is 5.99. The van der Waals surface area contributed by atoms with E-state index < -0.39 is 0 Å². The molecule has 0 saturated heterocycles. The second-order valence-corrected chi connectivity index (χ2v) is 17.2. The van der Waals surface area contributed by atoms with E-state index in [2.05, 4.69) is 231 Å². The second-order valence-electron chi connectivity index (χ2n) is 16.1. The monoisotopic (exact) mass is 771 g/mol. The summed E-state index contributed by atoms with van der Waals surface area (Å²) in [5.74, 6) is 0. The zero-order valence-electron chi connectivity index (χ0n) is 33.1. The molecule has 0 N–H and O–H groups in total. The van der Waals surface area contributed by atoms with Crippen molar-refractivity contribution in [2.45, 2.75) is 19.3 Å². The lowest BCUT2D eigenvalue weighted by Crippen LogP contribution is -2.17. The van der Waals surface area contributed by atoms with Crippen LogP contribution >= 0.6 is 11.3 Å². The van der Waals surface area contributed by atoms with Gasteiger partial charge < -0.3 is 4.90 Å². The quantitative estimate of drug-likeness (QED) is 0.156. The summed E-state index contributed by atoms with van der Waals surface area (Å²) in [6.45, 7) is 4.74. The summed E-state index contributed by atoms with van der Waals surface area (Å²) in [7, 11) is 0. The molecule has 0 bridgehead atoms. The molecule has 9 aromatic carbocycles. The number of benzene rings is 9. The van der Waals surface area contributed by atoms with Crippen molar-refractivity contribution in [3.63, 3.8) is 0 Å². The van der Waals surface area contributed by atoms with Gasteiger partial charge in [-0.25, -0.2) is 0 Å². The highest BCUT2D eigenvalue weighted by Crippen LogP contribution is 2.52. The molecule has 0 amide bonds. The van der Waals surface area contributed by atoms with Crippen molar-refractivity contribution in [3.05, 3.63) is 223 Å². The maximum absolute atomic E-state index is 2.50.